The number of nitrogens with one attached hydrogen (secondary N) is 2. The van der Waals surface area contributed by atoms with E-state index in [1.54, 1.807) is 17.8 Å². The highest BCUT2D eigenvalue weighted by Crippen LogP contribution is 2.35. The summed E-state index contributed by atoms with van der Waals surface area (Å²) >= 11 is 0. The molecule has 1 saturated carbocycles. The van der Waals surface area contributed by atoms with Crippen LogP contribution in [0, 0.1) is 0 Å². The van der Waals surface area contributed by atoms with Crippen LogP contribution in [0.25, 0.3) is 27.7 Å². The minimum atomic E-state index is -4.60. The van der Waals surface area contributed by atoms with E-state index >= 15 is 0 Å². The van der Waals surface area contributed by atoms with Crippen molar-refractivity contribution in [3.63, 3.8) is 0 Å². The summed E-state index contributed by atoms with van der Waals surface area (Å²) in [5, 5.41) is 8.20. The van der Waals surface area contributed by atoms with Gasteiger partial charge in [0.05, 0.1) is 24.1 Å². The van der Waals surface area contributed by atoms with Crippen molar-refractivity contribution in [2.24, 2.45) is 0 Å². The molecular weight excluding hydrogens is 425 g/mol. The van der Waals surface area contributed by atoms with Gasteiger partial charge in [0, 0.05) is 30.2 Å². The Labute approximate surface area is 180 Å². The number of ether oxygens (including phenoxy) is 2. The number of halogens is 3. The molecule has 5 rings (SSSR count). The van der Waals surface area contributed by atoms with Crippen LogP contribution in [0.5, 0.6) is 5.88 Å². The van der Waals surface area contributed by atoms with E-state index in [0.29, 0.717) is 43.2 Å². The lowest BCUT2D eigenvalue weighted by atomic mass is 9.93. The monoisotopic (exact) mass is 446 g/mol. The quantitative estimate of drug-likeness (QED) is 0.468. The number of alkyl halides is 3. The standard InChI is InChI=1S/C21H21F3N6O2/c1-31-19-17-16(12-7-9-30-14(10-12)6-8-26-30)11-25-18(17)28-20(29-19)27-13-2-4-15(5-3-13)32-21(22,23)24/h6-11,13,15H,2-5H2,1H3,(H2,25,27,28,29). The second-order valence-electron chi connectivity index (χ2n) is 7.78. The number of hydrogen-bond acceptors (Lipinski definition) is 6. The summed E-state index contributed by atoms with van der Waals surface area (Å²) in [6.07, 6.45) is 1.78. The second-order valence-corrected chi connectivity index (χ2v) is 7.78. The number of fused-ring (bicyclic) bond motifs is 2. The molecule has 0 saturated heterocycles. The first-order valence-electron chi connectivity index (χ1n) is 10.3. The Morgan fingerprint density at radius 2 is 1.97 bits per heavy atom. The van der Waals surface area contributed by atoms with Crippen LogP contribution in [-0.2, 0) is 4.74 Å². The van der Waals surface area contributed by atoms with Gasteiger partial charge in [-0.2, -0.15) is 15.1 Å². The number of aromatic nitrogens is 5. The maximum atomic E-state index is 12.4. The third-order valence-electron chi connectivity index (χ3n) is 5.71. The smallest absolute Gasteiger partial charge is 0.480 e. The lowest BCUT2D eigenvalue weighted by Gasteiger charge is -2.29. The Morgan fingerprint density at radius 1 is 1.16 bits per heavy atom. The number of pyridine rings is 1. The van der Waals surface area contributed by atoms with E-state index in [0.717, 1.165) is 22.0 Å². The zero-order valence-corrected chi connectivity index (χ0v) is 17.2. The van der Waals surface area contributed by atoms with Gasteiger partial charge in [0.15, 0.2) is 0 Å². The molecule has 1 aliphatic carbocycles. The third-order valence-corrected chi connectivity index (χ3v) is 5.71. The molecule has 8 nitrogen and oxygen atoms in total. The molecule has 1 fully saturated rings. The highest BCUT2D eigenvalue weighted by Gasteiger charge is 2.35. The van der Waals surface area contributed by atoms with Crippen molar-refractivity contribution in [2.75, 3.05) is 12.4 Å². The summed E-state index contributed by atoms with van der Waals surface area (Å²) in [5.74, 6) is 0.783. The van der Waals surface area contributed by atoms with Crippen LogP contribution < -0.4 is 10.1 Å². The van der Waals surface area contributed by atoms with Gasteiger partial charge in [-0.3, -0.25) is 4.74 Å². The van der Waals surface area contributed by atoms with Gasteiger partial charge in [0.1, 0.15) is 5.65 Å². The molecule has 168 valence electrons. The second kappa shape index (κ2) is 7.97. The summed E-state index contributed by atoms with van der Waals surface area (Å²) in [7, 11) is 1.54. The molecule has 0 atom stereocenters. The molecule has 4 aromatic rings. The molecule has 0 radical (unpaired) electrons. The zero-order chi connectivity index (χ0) is 22.3. The largest absolute Gasteiger partial charge is 0.522 e. The zero-order valence-electron chi connectivity index (χ0n) is 17.2. The van der Waals surface area contributed by atoms with Gasteiger partial charge in [-0.25, -0.2) is 4.52 Å². The minimum absolute atomic E-state index is 0.0380. The molecule has 0 spiro atoms. The number of hydrogen-bond donors (Lipinski definition) is 2. The van der Waals surface area contributed by atoms with Gasteiger partial charge in [-0.05, 0) is 49.4 Å². The lowest BCUT2D eigenvalue weighted by molar-refractivity contribution is -0.345. The van der Waals surface area contributed by atoms with E-state index in [2.05, 4.69) is 30.1 Å². The number of methoxy groups -OCH3 is 1. The fourth-order valence-electron chi connectivity index (χ4n) is 4.23. The predicted molar refractivity (Wildman–Crippen MR) is 111 cm³/mol. The van der Waals surface area contributed by atoms with E-state index in [1.165, 1.54) is 0 Å². The molecule has 2 N–H and O–H groups in total. The molecule has 0 aromatic carbocycles. The molecule has 1 aliphatic rings. The maximum absolute atomic E-state index is 12.4. The Hall–Kier alpha value is -3.34. The molecule has 0 unspecified atom stereocenters. The minimum Gasteiger partial charge on any atom is -0.480 e. The van der Waals surface area contributed by atoms with Gasteiger partial charge in [-0.15, -0.1) is 13.2 Å². The summed E-state index contributed by atoms with van der Waals surface area (Å²) in [4.78, 5) is 12.3. The van der Waals surface area contributed by atoms with E-state index < -0.39 is 12.5 Å². The van der Waals surface area contributed by atoms with Crippen molar-refractivity contribution in [3.8, 4) is 17.0 Å². The molecule has 0 aliphatic heterocycles. The topological polar surface area (TPSA) is 89.4 Å². The number of nitrogens with zero attached hydrogens (tertiary/aromatic N) is 4. The SMILES string of the molecule is COc1nc(NC2CCC(OC(F)(F)F)CC2)nc2[nH]cc(-c3ccn4nccc4c3)c12. The normalized spacial score (nSPS) is 19.5. The Morgan fingerprint density at radius 3 is 2.72 bits per heavy atom. The van der Waals surface area contributed by atoms with Crippen LogP contribution in [0.3, 0.4) is 0 Å². The first-order chi connectivity index (χ1) is 15.4. The van der Waals surface area contributed by atoms with E-state index in [-0.39, 0.29) is 6.04 Å². The molecular formula is C21H21F3N6O2. The van der Waals surface area contributed by atoms with Crippen LogP contribution in [0.1, 0.15) is 25.7 Å². The lowest BCUT2D eigenvalue weighted by Crippen LogP contribution is -2.33. The molecule has 11 heteroatoms. The van der Waals surface area contributed by atoms with Crippen molar-refractivity contribution in [1.29, 1.82) is 0 Å². The van der Waals surface area contributed by atoms with Crippen LogP contribution in [-0.4, -0.2) is 50.2 Å². The number of rotatable bonds is 5. The van der Waals surface area contributed by atoms with Crippen LogP contribution in [0.2, 0.25) is 0 Å². The summed E-state index contributed by atoms with van der Waals surface area (Å²) in [5.41, 5.74) is 3.43. The first-order valence-corrected chi connectivity index (χ1v) is 10.3. The first kappa shape index (κ1) is 20.6. The molecule has 32 heavy (non-hydrogen) atoms. The summed E-state index contributed by atoms with van der Waals surface area (Å²) in [6, 6.07) is 5.85. The van der Waals surface area contributed by atoms with E-state index in [1.807, 2.05) is 30.6 Å². The van der Waals surface area contributed by atoms with Crippen molar-refractivity contribution in [3.05, 3.63) is 36.8 Å². The van der Waals surface area contributed by atoms with Crippen molar-refractivity contribution in [1.82, 2.24) is 24.6 Å². The third kappa shape index (κ3) is 4.07. The average molecular weight is 446 g/mol. The van der Waals surface area contributed by atoms with Gasteiger partial charge >= 0.3 is 6.36 Å². The Bertz CT molecular complexity index is 1240. The van der Waals surface area contributed by atoms with Crippen molar-refractivity contribution >= 4 is 22.5 Å². The summed E-state index contributed by atoms with van der Waals surface area (Å²) < 4.78 is 48.7. The highest BCUT2D eigenvalue weighted by atomic mass is 19.4. The Balaban J connectivity index is 1.37. The van der Waals surface area contributed by atoms with Gasteiger partial charge in [0.2, 0.25) is 11.8 Å². The molecule has 4 heterocycles. The fraction of sp³-hybridized carbons (Fsp3) is 0.381. The number of H-pyrrole nitrogens is 1. The summed E-state index contributed by atoms with van der Waals surface area (Å²) in [6.45, 7) is 0. The average Bonchev–Trinajstić information content (AvgIpc) is 3.40. The van der Waals surface area contributed by atoms with Gasteiger partial charge < -0.3 is 15.0 Å². The van der Waals surface area contributed by atoms with Crippen molar-refractivity contribution in [2.45, 2.75) is 44.2 Å². The number of anilines is 1. The predicted octanol–water partition coefficient (Wildman–Crippen LogP) is 4.54. The number of aromatic amines is 1. The van der Waals surface area contributed by atoms with Crippen LogP contribution in [0.4, 0.5) is 19.1 Å². The fourth-order valence-corrected chi connectivity index (χ4v) is 4.23. The van der Waals surface area contributed by atoms with Gasteiger partial charge in [0.25, 0.3) is 0 Å². The van der Waals surface area contributed by atoms with E-state index in [9.17, 15) is 13.2 Å². The van der Waals surface area contributed by atoms with Crippen LogP contribution >= 0.6 is 0 Å². The molecule has 4 aromatic heterocycles. The van der Waals surface area contributed by atoms with Crippen molar-refractivity contribution < 1.29 is 22.6 Å². The maximum Gasteiger partial charge on any atom is 0.522 e. The van der Waals surface area contributed by atoms with Gasteiger partial charge in [-0.1, -0.05) is 0 Å². The van der Waals surface area contributed by atoms with E-state index in [4.69, 9.17) is 4.74 Å². The highest BCUT2D eigenvalue weighted by molar-refractivity contribution is 5.98. The Kier molecular flexibility index (Phi) is 5.12. The molecule has 0 amide bonds. The van der Waals surface area contributed by atoms with Crippen LogP contribution in [0.15, 0.2) is 36.8 Å². The molecule has 0 bridgehead atoms.